The predicted molar refractivity (Wildman–Crippen MR) is 84.0 cm³/mol. The highest BCUT2D eigenvalue weighted by molar-refractivity contribution is 6.35. The molecule has 0 aliphatic carbocycles. The smallest absolute Gasteiger partial charge is 0.321 e. The van der Waals surface area contributed by atoms with Gasteiger partial charge in [-0.15, -0.1) is 0 Å². The molecule has 3 aromatic rings. The molecular formula is C17H10F3N3O. The molecule has 1 amide bonds. The first-order chi connectivity index (χ1) is 11.4. The predicted octanol–water partition coefficient (Wildman–Crippen LogP) is 4.07. The number of aromatic amines is 1. The van der Waals surface area contributed by atoms with Crippen molar-refractivity contribution in [1.29, 1.82) is 0 Å². The monoisotopic (exact) mass is 329 g/mol. The summed E-state index contributed by atoms with van der Waals surface area (Å²) in [6, 6.07) is 9.15. The zero-order chi connectivity index (χ0) is 16.9. The molecule has 0 bridgehead atoms. The minimum Gasteiger partial charge on any atom is -0.321 e. The fourth-order valence-corrected chi connectivity index (χ4v) is 2.81. The van der Waals surface area contributed by atoms with Crippen molar-refractivity contribution in [2.75, 3.05) is 5.32 Å². The Hall–Kier alpha value is -3.09. The number of rotatable bonds is 1. The number of benzene rings is 2. The van der Waals surface area contributed by atoms with E-state index in [9.17, 15) is 18.0 Å². The van der Waals surface area contributed by atoms with Crippen LogP contribution in [0.25, 0.3) is 22.6 Å². The highest BCUT2D eigenvalue weighted by Crippen LogP contribution is 2.42. The van der Waals surface area contributed by atoms with E-state index in [-0.39, 0.29) is 16.8 Å². The van der Waals surface area contributed by atoms with Crippen molar-refractivity contribution in [1.82, 2.24) is 10.2 Å². The Balaban J connectivity index is 1.84. The SMILES string of the molecule is O=C1Nc2c(cccc2C(F)(F)F)/C1=C/c1ccc2cn[nH]c2c1. The van der Waals surface area contributed by atoms with E-state index in [4.69, 9.17) is 0 Å². The molecular weight excluding hydrogens is 319 g/mol. The minimum atomic E-state index is -4.52. The minimum absolute atomic E-state index is 0.191. The molecule has 1 aliphatic rings. The number of halogens is 3. The second kappa shape index (κ2) is 4.95. The van der Waals surface area contributed by atoms with Gasteiger partial charge < -0.3 is 5.32 Å². The lowest BCUT2D eigenvalue weighted by atomic mass is 10.0. The Kier molecular flexibility index (Phi) is 2.99. The van der Waals surface area contributed by atoms with E-state index in [2.05, 4.69) is 15.5 Å². The lowest BCUT2D eigenvalue weighted by Gasteiger charge is -2.10. The molecule has 120 valence electrons. The highest BCUT2D eigenvalue weighted by atomic mass is 19.4. The van der Waals surface area contributed by atoms with Gasteiger partial charge in [-0.05, 0) is 23.8 Å². The number of amides is 1. The molecule has 2 aromatic carbocycles. The number of hydrogen-bond donors (Lipinski definition) is 2. The third-order valence-corrected chi connectivity index (χ3v) is 3.92. The van der Waals surface area contributed by atoms with Crippen molar-refractivity contribution in [3.05, 3.63) is 59.3 Å². The normalized spacial score (nSPS) is 15.8. The maximum absolute atomic E-state index is 13.1. The van der Waals surface area contributed by atoms with Crippen molar-refractivity contribution in [2.45, 2.75) is 6.18 Å². The number of nitrogens with zero attached hydrogens (tertiary/aromatic N) is 1. The molecule has 0 saturated carbocycles. The van der Waals surface area contributed by atoms with E-state index in [1.807, 2.05) is 6.07 Å². The van der Waals surface area contributed by atoms with Gasteiger partial charge in [0.2, 0.25) is 0 Å². The lowest BCUT2D eigenvalue weighted by Crippen LogP contribution is -2.10. The van der Waals surface area contributed by atoms with Crippen LogP contribution in [0.4, 0.5) is 18.9 Å². The molecule has 1 aliphatic heterocycles. The summed E-state index contributed by atoms with van der Waals surface area (Å²) in [5, 5.41) is 9.97. The number of carbonyl (C=O) groups is 1. The number of H-pyrrole nitrogens is 1. The Morgan fingerprint density at radius 2 is 1.96 bits per heavy atom. The maximum atomic E-state index is 13.1. The van der Waals surface area contributed by atoms with Crippen molar-refractivity contribution >= 4 is 34.1 Å². The van der Waals surface area contributed by atoms with Gasteiger partial charge in [-0.3, -0.25) is 9.89 Å². The zero-order valence-electron chi connectivity index (χ0n) is 12.1. The highest BCUT2D eigenvalue weighted by Gasteiger charge is 2.38. The molecule has 24 heavy (non-hydrogen) atoms. The van der Waals surface area contributed by atoms with Crippen LogP contribution in [0, 0.1) is 0 Å². The fraction of sp³-hybridized carbons (Fsp3) is 0.0588. The van der Waals surface area contributed by atoms with Crippen LogP contribution in [-0.4, -0.2) is 16.1 Å². The summed E-state index contributed by atoms with van der Waals surface area (Å²) in [4.78, 5) is 12.2. The van der Waals surface area contributed by atoms with Crippen LogP contribution in [0.1, 0.15) is 16.7 Å². The molecule has 2 heterocycles. The van der Waals surface area contributed by atoms with Gasteiger partial charge in [0.15, 0.2) is 0 Å². The van der Waals surface area contributed by atoms with Gasteiger partial charge in [-0.2, -0.15) is 18.3 Å². The van der Waals surface area contributed by atoms with Crippen LogP contribution in [-0.2, 0) is 11.0 Å². The first kappa shape index (κ1) is 14.5. The van der Waals surface area contributed by atoms with Crippen molar-refractivity contribution in [2.24, 2.45) is 0 Å². The second-order valence-electron chi connectivity index (χ2n) is 5.45. The standard InChI is InChI=1S/C17H10F3N3O/c18-17(19,20)13-3-1-2-11-12(16(24)22-15(11)13)6-9-4-5-10-8-21-23-14(10)7-9/h1-8H,(H,21,23)(H,22,24)/b12-6-. The van der Waals surface area contributed by atoms with Gasteiger partial charge in [0, 0.05) is 16.5 Å². The zero-order valence-corrected chi connectivity index (χ0v) is 12.1. The van der Waals surface area contributed by atoms with E-state index in [0.29, 0.717) is 5.56 Å². The van der Waals surface area contributed by atoms with E-state index in [1.165, 1.54) is 12.1 Å². The Bertz CT molecular complexity index is 1000. The summed E-state index contributed by atoms with van der Waals surface area (Å²) in [7, 11) is 0. The van der Waals surface area contributed by atoms with Gasteiger partial charge >= 0.3 is 6.18 Å². The number of nitrogens with one attached hydrogen (secondary N) is 2. The van der Waals surface area contributed by atoms with Crippen LogP contribution in [0.5, 0.6) is 0 Å². The van der Waals surface area contributed by atoms with Gasteiger partial charge in [0.1, 0.15) is 0 Å². The topological polar surface area (TPSA) is 57.8 Å². The number of aromatic nitrogens is 2. The molecule has 4 rings (SSSR count). The quantitative estimate of drug-likeness (QED) is 0.661. The first-order valence-corrected chi connectivity index (χ1v) is 7.10. The summed E-state index contributed by atoms with van der Waals surface area (Å²) < 4.78 is 39.2. The molecule has 0 atom stereocenters. The second-order valence-corrected chi connectivity index (χ2v) is 5.45. The van der Waals surface area contributed by atoms with E-state index >= 15 is 0 Å². The molecule has 7 heteroatoms. The molecule has 2 N–H and O–H groups in total. The number of hydrogen-bond acceptors (Lipinski definition) is 2. The van der Waals surface area contributed by atoms with Crippen LogP contribution in [0.3, 0.4) is 0 Å². The molecule has 4 nitrogen and oxygen atoms in total. The molecule has 0 fully saturated rings. The van der Waals surface area contributed by atoms with Crippen molar-refractivity contribution < 1.29 is 18.0 Å². The number of para-hydroxylation sites is 1. The van der Waals surface area contributed by atoms with Crippen molar-refractivity contribution in [3.63, 3.8) is 0 Å². The molecule has 0 saturated heterocycles. The fourth-order valence-electron chi connectivity index (χ4n) is 2.81. The largest absolute Gasteiger partial charge is 0.418 e. The summed E-state index contributed by atoms with van der Waals surface area (Å²) in [5.74, 6) is -0.550. The first-order valence-electron chi connectivity index (χ1n) is 7.10. The Labute approximate surface area is 134 Å². The molecule has 0 radical (unpaired) electrons. The Morgan fingerprint density at radius 3 is 2.75 bits per heavy atom. The van der Waals surface area contributed by atoms with Gasteiger partial charge in [0.25, 0.3) is 5.91 Å². The van der Waals surface area contributed by atoms with Crippen LogP contribution in [0.2, 0.25) is 0 Å². The molecule has 0 spiro atoms. The van der Waals surface area contributed by atoms with Crippen LogP contribution >= 0.6 is 0 Å². The number of alkyl halides is 3. The van der Waals surface area contributed by atoms with Crippen LogP contribution < -0.4 is 5.32 Å². The van der Waals surface area contributed by atoms with Gasteiger partial charge in [-0.25, -0.2) is 0 Å². The summed E-state index contributed by atoms with van der Waals surface area (Å²) in [5.41, 5.74) is 0.897. The van der Waals surface area contributed by atoms with E-state index in [1.54, 1.807) is 24.4 Å². The Morgan fingerprint density at radius 1 is 1.12 bits per heavy atom. The molecule has 0 unspecified atom stereocenters. The number of anilines is 1. The lowest BCUT2D eigenvalue weighted by molar-refractivity contribution is -0.136. The van der Waals surface area contributed by atoms with E-state index in [0.717, 1.165) is 17.0 Å². The molecule has 1 aromatic heterocycles. The summed E-state index contributed by atoms with van der Waals surface area (Å²) in [6.45, 7) is 0. The third-order valence-electron chi connectivity index (χ3n) is 3.92. The van der Waals surface area contributed by atoms with Gasteiger partial charge in [0.05, 0.1) is 23.0 Å². The number of carbonyl (C=O) groups excluding carboxylic acids is 1. The maximum Gasteiger partial charge on any atom is 0.418 e. The summed E-state index contributed by atoms with van der Waals surface area (Å²) >= 11 is 0. The van der Waals surface area contributed by atoms with Crippen molar-refractivity contribution in [3.8, 4) is 0 Å². The van der Waals surface area contributed by atoms with Gasteiger partial charge in [-0.1, -0.05) is 24.3 Å². The van der Waals surface area contributed by atoms with Crippen LogP contribution in [0.15, 0.2) is 42.6 Å². The summed E-state index contributed by atoms with van der Waals surface area (Å²) in [6.07, 6.45) is -1.29. The average Bonchev–Trinajstić information content (AvgIpc) is 3.10. The average molecular weight is 329 g/mol. The third kappa shape index (κ3) is 2.25. The van der Waals surface area contributed by atoms with E-state index < -0.39 is 17.6 Å². The number of fused-ring (bicyclic) bond motifs is 2.